The molecule has 1 fully saturated rings. The summed E-state index contributed by atoms with van der Waals surface area (Å²) in [4.78, 5) is 11.6. The van der Waals surface area contributed by atoms with Crippen molar-refractivity contribution in [2.45, 2.75) is 31.8 Å². The maximum atomic E-state index is 11.6. The van der Waals surface area contributed by atoms with Gasteiger partial charge in [-0.1, -0.05) is 6.42 Å². The average Bonchev–Trinajstić information content (AvgIpc) is 2.79. The van der Waals surface area contributed by atoms with Gasteiger partial charge in [0.15, 0.2) is 0 Å². The van der Waals surface area contributed by atoms with E-state index >= 15 is 0 Å². The Morgan fingerprint density at radius 2 is 2.44 bits per heavy atom. The highest BCUT2D eigenvalue weighted by Crippen LogP contribution is 2.23. The molecule has 0 aromatic carbocycles. The van der Waals surface area contributed by atoms with Gasteiger partial charge in [-0.25, -0.2) is 0 Å². The minimum atomic E-state index is -0.190. The zero-order valence-electron chi connectivity index (χ0n) is 9.19. The third-order valence-electron chi connectivity index (χ3n) is 3.09. The minimum Gasteiger partial charge on any atom is -0.472 e. The lowest BCUT2D eigenvalue weighted by Crippen LogP contribution is -2.32. The summed E-state index contributed by atoms with van der Waals surface area (Å²) in [5.41, 5.74) is 0.552. The molecule has 0 aliphatic heterocycles. The van der Waals surface area contributed by atoms with Gasteiger partial charge in [0.25, 0.3) is 5.91 Å². The van der Waals surface area contributed by atoms with Crippen LogP contribution in [0.15, 0.2) is 23.0 Å². The fraction of sp³-hybridized carbons (Fsp3) is 0.583. The van der Waals surface area contributed by atoms with Gasteiger partial charge in [0.2, 0.25) is 0 Å². The van der Waals surface area contributed by atoms with E-state index in [0.717, 1.165) is 25.7 Å². The van der Waals surface area contributed by atoms with Crippen molar-refractivity contribution in [1.29, 1.82) is 0 Å². The summed E-state index contributed by atoms with van der Waals surface area (Å²) in [5.74, 6) is 0.299. The lowest BCUT2D eigenvalue weighted by molar-refractivity contribution is 0.0873. The first-order chi connectivity index (χ1) is 7.75. The monoisotopic (exact) mass is 223 g/mol. The van der Waals surface area contributed by atoms with Gasteiger partial charge >= 0.3 is 0 Å². The van der Waals surface area contributed by atoms with Crippen LogP contribution in [0.3, 0.4) is 0 Å². The second kappa shape index (κ2) is 5.16. The van der Waals surface area contributed by atoms with E-state index < -0.39 is 0 Å². The molecule has 0 radical (unpaired) electrons. The van der Waals surface area contributed by atoms with Crippen LogP contribution in [-0.2, 0) is 0 Å². The van der Waals surface area contributed by atoms with E-state index in [1.54, 1.807) is 6.07 Å². The maximum absolute atomic E-state index is 11.6. The van der Waals surface area contributed by atoms with E-state index in [1.807, 2.05) is 0 Å². The topological polar surface area (TPSA) is 62.5 Å². The van der Waals surface area contributed by atoms with Gasteiger partial charge in [-0.05, 0) is 31.2 Å². The Morgan fingerprint density at radius 1 is 1.56 bits per heavy atom. The van der Waals surface area contributed by atoms with Crippen LogP contribution in [0.2, 0.25) is 0 Å². The van der Waals surface area contributed by atoms with E-state index in [2.05, 4.69) is 5.32 Å². The molecule has 2 unspecified atom stereocenters. The van der Waals surface area contributed by atoms with Gasteiger partial charge in [-0.15, -0.1) is 0 Å². The summed E-state index contributed by atoms with van der Waals surface area (Å²) in [6.07, 6.45) is 6.56. The summed E-state index contributed by atoms with van der Waals surface area (Å²) in [6.45, 7) is 0.640. The molecular formula is C12H17NO3. The minimum absolute atomic E-state index is 0.103. The van der Waals surface area contributed by atoms with Crippen molar-refractivity contribution in [2.75, 3.05) is 6.54 Å². The first kappa shape index (κ1) is 11.2. The SMILES string of the molecule is O=C(NCC1CCCC(O)C1)c1ccoc1. The lowest BCUT2D eigenvalue weighted by atomic mass is 9.87. The van der Waals surface area contributed by atoms with Crippen LogP contribution in [0.5, 0.6) is 0 Å². The third-order valence-corrected chi connectivity index (χ3v) is 3.09. The van der Waals surface area contributed by atoms with Crippen molar-refractivity contribution in [3.63, 3.8) is 0 Å². The Balaban J connectivity index is 1.77. The van der Waals surface area contributed by atoms with Crippen molar-refractivity contribution in [3.8, 4) is 0 Å². The molecule has 4 nitrogen and oxygen atoms in total. The number of amides is 1. The molecule has 1 aromatic heterocycles. The molecule has 4 heteroatoms. The van der Waals surface area contributed by atoms with Crippen molar-refractivity contribution >= 4 is 5.91 Å². The molecule has 2 rings (SSSR count). The Kier molecular flexibility index (Phi) is 3.62. The van der Waals surface area contributed by atoms with Crippen molar-refractivity contribution in [1.82, 2.24) is 5.32 Å². The molecular weight excluding hydrogens is 206 g/mol. The standard InChI is InChI=1S/C12H17NO3/c14-11-3-1-2-9(6-11)7-13-12(15)10-4-5-16-8-10/h4-5,8-9,11,14H,1-3,6-7H2,(H,13,15). The van der Waals surface area contributed by atoms with Gasteiger partial charge in [0, 0.05) is 6.54 Å². The Hall–Kier alpha value is -1.29. The predicted octanol–water partition coefficient (Wildman–Crippen LogP) is 1.56. The molecule has 1 heterocycles. The van der Waals surface area contributed by atoms with Gasteiger partial charge < -0.3 is 14.8 Å². The normalized spacial score (nSPS) is 25.3. The zero-order valence-corrected chi connectivity index (χ0v) is 9.19. The Bertz CT molecular complexity index is 334. The van der Waals surface area contributed by atoms with Crippen molar-refractivity contribution < 1.29 is 14.3 Å². The molecule has 2 atom stereocenters. The molecule has 1 saturated carbocycles. The fourth-order valence-electron chi connectivity index (χ4n) is 2.18. The third kappa shape index (κ3) is 2.85. The first-order valence-corrected chi connectivity index (χ1v) is 5.74. The van der Waals surface area contributed by atoms with Gasteiger partial charge in [-0.3, -0.25) is 4.79 Å². The van der Waals surface area contributed by atoms with Gasteiger partial charge in [-0.2, -0.15) is 0 Å². The summed E-state index contributed by atoms with van der Waals surface area (Å²) >= 11 is 0. The molecule has 0 saturated heterocycles. The van der Waals surface area contributed by atoms with Crippen LogP contribution in [0.1, 0.15) is 36.0 Å². The number of carbonyl (C=O) groups excluding carboxylic acids is 1. The smallest absolute Gasteiger partial charge is 0.254 e. The summed E-state index contributed by atoms with van der Waals surface area (Å²) in [7, 11) is 0. The largest absolute Gasteiger partial charge is 0.472 e. The molecule has 0 spiro atoms. The molecule has 16 heavy (non-hydrogen) atoms. The van der Waals surface area contributed by atoms with E-state index in [-0.39, 0.29) is 12.0 Å². The predicted molar refractivity (Wildman–Crippen MR) is 59.0 cm³/mol. The number of aliphatic hydroxyl groups excluding tert-OH is 1. The number of hydrogen-bond acceptors (Lipinski definition) is 3. The van der Waals surface area contributed by atoms with Gasteiger partial charge in [0.1, 0.15) is 6.26 Å². The summed E-state index contributed by atoms with van der Waals surface area (Å²) in [5, 5.41) is 12.4. The highest BCUT2D eigenvalue weighted by molar-refractivity contribution is 5.93. The quantitative estimate of drug-likeness (QED) is 0.817. The van der Waals surface area contributed by atoms with Crippen LogP contribution in [0, 0.1) is 5.92 Å². The van der Waals surface area contributed by atoms with Gasteiger partial charge in [0.05, 0.1) is 17.9 Å². The number of nitrogens with one attached hydrogen (secondary N) is 1. The number of rotatable bonds is 3. The Morgan fingerprint density at radius 3 is 3.12 bits per heavy atom. The molecule has 1 aromatic rings. The number of hydrogen-bond donors (Lipinski definition) is 2. The molecule has 88 valence electrons. The second-order valence-corrected chi connectivity index (χ2v) is 4.41. The van der Waals surface area contributed by atoms with E-state index in [4.69, 9.17) is 4.42 Å². The van der Waals surface area contributed by atoms with Crippen molar-refractivity contribution in [2.24, 2.45) is 5.92 Å². The van der Waals surface area contributed by atoms with Crippen LogP contribution >= 0.6 is 0 Å². The van der Waals surface area contributed by atoms with E-state index in [1.165, 1.54) is 12.5 Å². The number of carbonyl (C=O) groups is 1. The molecule has 1 amide bonds. The summed E-state index contributed by atoms with van der Waals surface area (Å²) < 4.78 is 4.84. The number of furan rings is 1. The highest BCUT2D eigenvalue weighted by Gasteiger charge is 2.20. The lowest BCUT2D eigenvalue weighted by Gasteiger charge is -2.25. The van der Waals surface area contributed by atoms with Crippen LogP contribution in [-0.4, -0.2) is 23.7 Å². The number of aliphatic hydroxyl groups is 1. The first-order valence-electron chi connectivity index (χ1n) is 5.74. The fourth-order valence-corrected chi connectivity index (χ4v) is 2.18. The van der Waals surface area contributed by atoms with Crippen LogP contribution in [0.25, 0.3) is 0 Å². The van der Waals surface area contributed by atoms with Crippen LogP contribution in [0.4, 0.5) is 0 Å². The second-order valence-electron chi connectivity index (χ2n) is 4.41. The zero-order chi connectivity index (χ0) is 11.4. The Labute approximate surface area is 94.6 Å². The van der Waals surface area contributed by atoms with E-state index in [9.17, 15) is 9.90 Å². The van der Waals surface area contributed by atoms with Crippen molar-refractivity contribution in [3.05, 3.63) is 24.2 Å². The molecule has 1 aliphatic carbocycles. The molecule has 2 N–H and O–H groups in total. The summed E-state index contributed by atoms with van der Waals surface area (Å²) in [6, 6.07) is 1.64. The van der Waals surface area contributed by atoms with Crippen LogP contribution < -0.4 is 5.32 Å². The molecule has 1 aliphatic rings. The van der Waals surface area contributed by atoms with E-state index in [0.29, 0.717) is 18.0 Å². The average molecular weight is 223 g/mol. The highest BCUT2D eigenvalue weighted by atomic mass is 16.3. The molecule has 0 bridgehead atoms. The maximum Gasteiger partial charge on any atom is 0.254 e.